The van der Waals surface area contributed by atoms with Crippen LogP contribution in [0.15, 0.2) is 485 Å². The van der Waals surface area contributed by atoms with Crippen molar-refractivity contribution in [3.05, 3.63) is 524 Å². The average molecular weight is 1650 g/mol. The lowest BCUT2D eigenvalue weighted by Crippen LogP contribution is -2.62. The second kappa shape index (κ2) is 30.3. The summed E-state index contributed by atoms with van der Waals surface area (Å²) in [4.78, 5) is 12.9. The van der Waals surface area contributed by atoms with Gasteiger partial charge in [-0.05, 0) is 179 Å². The van der Waals surface area contributed by atoms with Crippen LogP contribution >= 0.6 is 0 Å². The van der Waals surface area contributed by atoms with Crippen molar-refractivity contribution in [3.63, 3.8) is 0 Å². The first-order chi connectivity index (χ1) is 64.6. The molecule has 0 atom stereocenters. The molecule has 20 aromatic carbocycles. The van der Waals surface area contributed by atoms with Gasteiger partial charge >= 0.3 is 0 Å². The van der Waals surface area contributed by atoms with Crippen LogP contribution in [-0.4, -0.2) is 13.4 Å². The number of nitrogens with zero attached hydrogens (tertiary/aromatic N) is 5. The topological polar surface area (TPSA) is 25.4 Å². The van der Waals surface area contributed by atoms with Crippen molar-refractivity contribution in [2.45, 2.75) is 11.3 Å². The van der Waals surface area contributed by atoms with Crippen molar-refractivity contribution in [3.8, 4) is 67.1 Å². The zero-order valence-electron chi connectivity index (χ0n) is 71.1. The Morgan fingerprint density at radius 3 is 0.915 bits per heavy atom. The van der Waals surface area contributed by atoms with E-state index in [4.69, 9.17) is 4.74 Å². The highest BCUT2D eigenvalue weighted by atomic mass is 16.5. The molecule has 6 aliphatic rings. The molecule has 0 saturated carbocycles. The summed E-state index contributed by atoms with van der Waals surface area (Å²) in [5.41, 5.74) is 41.4. The van der Waals surface area contributed by atoms with Crippen LogP contribution in [-0.2, 0) is 5.41 Å². The summed E-state index contributed by atoms with van der Waals surface area (Å²) in [5, 5.41) is 0. The van der Waals surface area contributed by atoms with Gasteiger partial charge in [0.05, 0.1) is 22.5 Å². The molecule has 0 radical (unpaired) electrons. The van der Waals surface area contributed by atoms with E-state index in [-0.39, 0.29) is 19.3 Å². The van der Waals surface area contributed by atoms with Crippen LogP contribution < -0.4 is 62.0 Å². The van der Waals surface area contributed by atoms with Crippen molar-refractivity contribution in [1.29, 1.82) is 0 Å². The quantitative estimate of drug-likeness (QED) is 0.0795. The number of benzene rings is 20. The van der Waals surface area contributed by atoms with Gasteiger partial charge < -0.3 is 29.2 Å². The predicted octanol–water partition coefficient (Wildman–Crippen LogP) is 27.6. The molecule has 0 saturated heterocycles. The fourth-order valence-electron chi connectivity index (χ4n) is 22.7. The predicted molar refractivity (Wildman–Crippen MR) is 542 cm³/mol. The van der Waals surface area contributed by atoms with E-state index in [0.29, 0.717) is 0 Å². The van der Waals surface area contributed by atoms with Crippen LogP contribution in [0.1, 0.15) is 44.9 Å². The minimum absolute atomic E-state index is 0.181. The lowest BCUT2D eigenvalue weighted by atomic mass is 9.33. The Kier molecular flexibility index (Phi) is 17.4. The molecule has 0 unspecified atom stereocenters. The van der Waals surface area contributed by atoms with Gasteiger partial charge in [0.1, 0.15) is 11.5 Å². The van der Waals surface area contributed by atoms with E-state index in [2.05, 4.69) is 510 Å². The number of hydrogen-bond acceptors (Lipinski definition) is 6. The maximum atomic E-state index is 8.61. The monoisotopic (exact) mass is 1650 g/mol. The fourth-order valence-corrected chi connectivity index (χ4v) is 22.7. The molecule has 8 heteroatoms. The van der Waals surface area contributed by atoms with Crippen molar-refractivity contribution < 1.29 is 4.74 Å². The lowest BCUT2D eigenvalue weighted by molar-refractivity contribution is 0.437. The largest absolute Gasteiger partial charge is 0.457 e. The van der Waals surface area contributed by atoms with E-state index in [0.717, 1.165) is 158 Å². The zero-order chi connectivity index (χ0) is 85.5. The highest BCUT2D eigenvalue weighted by Gasteiger charge is 2.56. The molecule has 5 heterocycles. The van der Waals surface area contributed by atoms with Gasteiger partial charge in [0.25, 0.3) is 13.4 Å². The summed E-state index contributed by atoms with van der Waals surface area (Å²) in [6.45, 7) is -0.655. The molecule has 0 aromatic heterocycles. The molecule has 5 aliphatic heterocycles. The number of fused-ring (bicyclic) bond motifs is 17. The Labute approximate surface area is 758 Å². The third-order valence-corrected chi connectivity index (χ3v) is 27.9. The fraction of sp³-hybridized carbons (Fsp3) is 0.0164. The summed E-state index contributed by atoms with van der Waals surface area (Å²) in [6.07, 6.45) is 0. The van der Waals surface area contributed by atoms with Crippen molar-refractivity contribution in [1.82, 2.24) is 0 Å². The number of rotatable bonds is 14. The third-order valence-electron chi connectivity index (χ3n) is 27.9. The van der Waals surface area contributed by atoms with E-state index in [1.54, 1.807) is 0 Å². The second-order valence-electron chi connectivity index (χ2n) is 34.8. The average Bonchev–Trinajstić information content (AvgIpc) is 1.43. The van der Waals surface area contributed by atoms with Crippen LogP contribution in [0.2, 0.25) is 0 Å². The maximum Gasteiger partial charge on any atom is 0.252 e. The molecule has 6 nitrogen and oxygen atoms in total. The Morgan fingerprint density at radius 1 is 0.215 bits per heavy atom. The maximum absolute atomic E-state index is 8.61. The van der Waals surface area contributed by atoms with E-state index in [1.807, 2.05) is 0 Å². The van der Waals surface area contributed by atoms with E-state index >= 15 is 0 Å². The smallest absolute Gasteiger partial charge is 0.252 e. The standard InChI is InChI=1S/C122H81B2N5O/c1-11-41-81(42-12-1)93-63-39-64-94(82-43-13-2-14-44-82)120(93)128-109-79-115-101(77-105(109)123-103-69-35-37-71-107(103)126(90-57-27-9-28-58-90)111-73-87(74-112(128)118(111)123)117(85-49-19-5-20-50-85)86-51-21-6-22-52-86)122(99-67-33-31-61-97(99)98-62-32-34-68-100(98)122)102-78-106-110(80-116(102)130-115)129(121-95(83-45-15-3-16-46-83)65-40-66-96(121)84-47-17-4-18-48-84)114-76-92(125(88-53-23-7-24-54-88)89-55-25-8-26-56-89)75-113-119(114)124(106)104-70-36-38-72-108(104)127(113)91-59-29-10-30-60-91/h1-80,117H. The number of anilines is 15. The zero-order valence-corrected chi connectivity index (χ0v) is 71.1. The Bertz CT molecular complexity index is 7190. The molecule has 130 heavy (non-hydrogen) atoms. The van der Waals surface area contributed by atoms with Gasteiger partial charge in [-0.2, -0.15) is 0 Å². The number of hydrogen-bond donors (Lipinski definition) is 0. The Morgan fingerprint density at radius 2 is 0.523 bits per heavy atom. The normalized spacial score (nSPS) is 13.3. The van der Waals surface area contributed by atoms with Crippen LogP contribution in [0.25, 0.3) is 55.6 Å². The second-order valence-corrected chi connectivity index (χ2v) is 34.8. The van der Waals surface area contributed by atoms with E-state index in [1.165, 1.54) is 66.3 Å². The van der Waals surface area contributed by atoms with Gasteiger partial charge in [-0.3, -0.25) is 0 Å². The van der Waals surface area contributed by atoms with Gasteiger partial charge in [-0.15, -0.1) is 0 Å². The molecule has 26 rings (SSSR count). The van der Waals surface area contributed by atoms with Gasteiger partial charge in [-0.25, -0.2) is 0 Å². The highest BCUT2D eigenvalue weighted by molar-refractivity contribution is 7.01. The molecule has 606 valence electrons. The lowest BCUT2D eigenvalue weighted by Gasteiger charge is -2.48. The molecule has 0 N–H and O–H groups in total. The molecule has 0 bridgehead atoms. The summed E-state index contributed by atoms with van der Waals surface area (Å²) >= 11 is 0. The minimum Gasteiger partial charge on any atom is -0.457 e. The highest BCUT2D eigenvalue weighted by Crippen LogP contribution is 2.65. The van der Waals surface area contributed by atoms with E-state index < -0.39 is 5.41 Å². The van der Waals surface area contributed by atoms with Crippen LogP contribution in [0.4, 0.5) is 85.3 Å². The summed E-state index contributed by atoms with van der Waals surface area (Å²) in [6, 6.07) is 182. The SMILES string of the molecule is c1ccc(-c2cccc(-c3ccccc3)c2N2c3cc4c(cc3B3c5ccccc5N(c5ccccc5)c5cc(C(c6ccccc6)c6ccccc6)cc2c53)C2(c3cc5c(cc3O4)N(c3c(-c4ccccc4)cccc3-c3ccccc3)c3cc(N(c4ccccc4)c4ccccc4)cc4c3B5c3ccccc3N4c3ccccc3)c3ccccc3-c3ccccc32)cc1. The molecular formula is C122H81B2N5O. The molecule has 0 fully saturated rings. The van der Waals surface area contributed by atoms with Crippen LogP contribution in [0, 0.1) is 0 Å². The van der Waals surface area contributed by atoms with E-state index in [9.17, 15) is 0 Å². The molecule has 20 aromatic rings. The van der Waals surface area contributed by atoms with Gasteiger partial charge in [0, 0.05) is 120 Å². The third kappa shape index (κ3) is 11.5. The van der Waals surface area contributed by atoms with Gasteiger partial charge in [-0.1, -0.05) is 388 Å². The molecular weight excluding hydrogens is 1570 g/mol. The van der Waals surface area contributed by atoms with Crippen molar-refractivity contribution >= 4 is 132 Å². The van der Waals surface area contributed by atoms with Gasteiger partial charge in [0.2, 0.25) is 0 Å². The van der Waals surface area contributed by atoms with Gasteiger partial charge in [0.15, 0.2) is 0 Å². The first kappa shape index (κ1) is 74.7. The first-order valence-corrected chi connectivity index (χ1v) is 45.1. The first-order valence-electron chi connectivity index (χ1n) is 45.1. The molecule has 1 spiro atoms. The Hall–Kier alpha value is -16.7. The Balaban J connectivity index is 0.816. The summed E-state index contributed by atoms with van der Waals surface area (Å²) < 4.78 is 8.61. The van der Waals surface area contributed by atoms with Crippen molar-refractivity contribution in [2.24, 2.45) is 0 Å². The van der Waals surface area contributed by atoms with Crippen LogP contribution in [0.5, 0.6) is 11.5 Å². The molecule has 1 aliphatic carbocycles. The summed E-state index contributed by atoms with van der Waals surface area (Å²) in [7, 11) is 0. The number of para-hydroxylation sites is 8. The van der Waals surface area contributed by atoms with Crippen LogP contribution in [0.3, 0.4) is 0 Å². The minimum atomic E-state index is -1.01. The molecule has 0 amide bonds. The summed E-state index contributed by atoms with van der Waals surface area (Å²) in [5.74, 6) is 1.36. The number of ether oxygens (including phenoxy) is 1. The van der Waals surface area contributed by atoms with Crippen molar-refractivity contribution in [2.75, 3.05) is 24.5 Å².